The standard InChI is InChI=1S/C16H24N2O2S/c1-4-5-10-21-12(2)16(20)18(3)11-13-6-8-14(9-7-13)15(17)19/h6-9,12H,4-5,10-11H2,1-3H3,(H2,17,19). The average Bonchev–Trinajstić information content (AvgIpc) is 2.47. The lowest BCUT2D eigenvalue weighted by Gasteiger charge is -2.21. The van der Waals surface area contributed by atoms with E-state index in [2.05, 4.69) is 6.92 Å². The van der Waals surface area contributed by atoms with E-state index >= 15 is 0 Å². The molecule has 0 spiro atoms. The first-order valence-electron chi connectivity index (χ1n) is 7.21. The predicted molar refractivity (Wildman–Crippen MR) is 88.3 cm³/mol. The van der Waals surface area contributed by atoms with Crippen molar-refractivity contribution in [2.24, 2.45) is 5.73 Å². The van der Waals surface area contributed by atoms with Crippen molar-refractivity contribution in [1.82, 2.24) is 4.90 Å². The highest BCUT2D eigenvalue weighted by Gasteiger charge is 2.17. The normalized spacial score (nSPS) is 12.0. The first kappa shape index (κ1) is 17.6. The number of nitrogens with zero attached hydrogens (tertiary/aromatic N) is 1. The Morgan fingerprint density at radius 1 is 1.29 bits per heavy atom. The highest BCUT2D eigenvalue weighted by Crippen LogP contribution is 2.16. The number of primary amides is 1. The zero-order valence-electron chi connectivity index (χ0n) is 13.0. The molecule has 21 heavy (non-hydrogen) atoms. The summed E-state index contributed by atoms with van der Waals surface area (Å²) in [6, 6.07) is 7.04. The van der Waals surface area contributed by atoms with Crippen LogP contribution in [0.25, 0.3) is 0 Å². The lowest BCUT2D eigenvalue weighted by molar-refractivity contribution is -0.129. The van der Waals surface area contributed by atoms with E-state index in [0.29, 0.717) is 12.1 Å². The maximum Gasteiger partial charge on any atom is 0.248 e. The lowest BCUT2D eigenvalue weighted by atomic mass is 10.1. The first-order chi connectivity index (χ1) is 9.95. The Hall–Kier alpha value is -1.49. The van der Waals surface area contributed by atoms with Gasteiger partial charge in [-0.25, -0.2) is 0 Å². The fraction of sp³-hybridized carbons (Fsp3) is 0.500. The van der Waals surface area contributed by atoms with Crippen LogP contribution >= 0.6 is 11.8 Å². The third-order valence-corrected chi connectivity index (χ3v) is 4.47. The molecule has 0 radical (unpaired) electrons. The van der Waals surface area contributed by atoms with Crippen LogP contribution in [0.5, 0.6) is 0 Å². The smallest absolute Gasteiger partial charge is 0.248 e. The number of carbonyl (C=O) groups is 2. The van der Waals surface area contributed by atoms with Crippen LogP contribution in [-0.2, 0) is 11.3 Å². The summed E-state index contributed by atoms with van der Waals surface area (Å²) in [6.45, 7) is 4.64. The van der Waals surface area contributed by atoms with Crippen molar-refractivity contribution in [2.75, 3.05) is 12.8 Å². The minimum absolute atomic E-state index is 0.0218. The Morgan fingerprint density at radius 2 is 1.90 bits per heavy atom. The molecule has 116 valence electrons. The molecule has 0 aliphatic rings. The van der Waals surface area contributed by atoms with Gasteiger partial charge in [0, 0.05) is 19.2 Å². The van der Waals surface area contributed by atoms with Gasteiger partial charge in [0.2, 0.25) is 11.8 Å². The van der Waals surface area contributed by atoms with E-state index in [4.69, 9.17) is 5.73 Å². The highest BCUT2D eigenvalue weighted by atomic mass is 32.2. The van der Waals surface area contributed by atoms with E-state index < -0.39 is 5.91 Å². The van der Waals surface area contributed by atoms with Gasteiger partial charge in [-0.2, -0.15) is 0 Å². The SMILES string of the molecule is CCCCSC(C)C(=O)N(C)Cc1ccc(C(N)=O)cc1. The van der Waals surface area contributed by atoms with Gasteiger partial charge in [-0.1, -0.05) is 25.5 Å². The molecule has 5 heteroatoms. The molecular weight excluding hydrogens is 284 g/mol. The molecule has 1 aromatic rings. The van der Waals surface area contributed by atoms with Crippen LogP contribution in [0.3, 0.4) is 0 Å². The maximum atomic E-state index is 12.2. The second-order valence-corrected chi connectivity index (χ2v) is 6.57. The van der Waals surface area contributed by atoms with E-state index in [-0.39, 0.29) is 11.2 Å². The largest absolute Gasteiger partial charge is 0.366 e. The highest BCUT2D eigenvalue weighted by molar-refractivity contribution is 8.00. The first-order valence-corrected chi connectivity index (χ1v) is 8.26. The molecule has 2 N–H and O–H groups in total. The Balaban J connectivity index is 2.53. The van der Waals surface area contributed by atoms with E-state index in [1.165, 1.54) is 0 Å². The van der Waals surface area contributed by atoms with Crippen LogP contribution in [0, 0.1) is 0 Å². The van der Waals surface area contributed by atoms with Crippen molar-refractivity contribution in [1.29, 1.82) is 0 Å². The van der Waals surface area contributed by atoms with Crippen LogP contribution in [-0.4, -0.2) is 34.8 Å². The van der Waals surface area contributed by atoms with Crippen LogP contribution in [0.2, 0.25) is 0 Å². The molecule has 1 unspecified atom stereocenters. The molecule has 0 aromatic heterocycles. The summed E-state index contributed by atoms with van der Waals surface area (Å²) in [5.41, 5.74) is 6.67. The minimum Gasteiger partial charge on any atom is -0.366 e. The summed E-state index contributed by atoms with van der Waals surface area (Å²) in [4.78, 5) is 25.0. The monoisotopic (exact) mass is 308 g/mol. The number of thioether (sulfide) groups is 1. The fourth-order valence-corrected chi connectivity index (χ4v) is 3.04. The zero-order valence-corrected chi connectivity index (χ0v) is 13.8. The van der Waals surface area contributed by atoms with Gasteiger partial charge in [0.15, 0.2) is 0 Å². The van der Waals surface area contributed by atoms with Crippen molar-refractivity contribution >= 4 is 23.6 Å². The molecule has 1 atom stereocenters. The van der Waals surface area contributed by atoms with Gasteiger partial charge in [-0.05, 0) is 36.8 Å². The van der Waals surface area contributed by atoms with Crippen LogP contribution in [0.1, 0.15) is 42.6 Å². The molecule has 4 nitrogen and oxygen atoms in total. The molecule has 0 aliphatic heterocycles. The van der Waals surface area contributed by atoms with Crippen LogP contribution in [0.4, 0.5) is 0 Å². The quantitative estimate of drug-likeness (QED) is 0.751. The number of benzene rings is 1. The number of hydrogen-bond donors (Lipinski definition) is 1. The van der Waals surface area contributed by atoms with Crippen molar-refractivity contribution < 1.29 is 9.59 Å². The topological polar surface area (TPSA) is 63.4 Å². The molecule has 1 rings (SSSR count). The Morgan fingerprint density at radius 3 is 2.43 bits per heavy atom. The van der Waals surface area contributed by atoms with Gasteiger partial charge < -0.3 is 10.6 Å². The molecule has 0 aliphatic carbocycles. The molecule has 0 saturated heterocycles. The maximum absolute atomic E-state index is 12.2. The Labute approximate surface area is 131 Å². The van der Waals surface area contributed by atoms with Crippen molar-refractivity contribution in [2.45, 2.75) is 38.5 Å². The van der Waals surface area contributed by atoms with Gasteiger partial charge in [-0.3, -0.25) is 9.59 Å². The number of rotatable bonds is 8. The summed E-state index contributed by atoms with van der Waals surface area (Å²) >= 11 is 1.70. The van der Waals surface area contributed by atoms with E-state index in [0.717, 1.165) is 24.2 Å². The number of nitrogens with two attached hydrogens (primary N) is 1. The predicted octanol–water partition coefficient (Wildman–Crippen LogP) is 2.67. The van der Waals surface area contributed by atoms with Crippen LogP contribution in [0.15, 0.2) is 24.3 Å². The van der Waals surface area contributed by atoms with E-state index in [1.807, 2.05) is 19.1 Å². The summed E-state index contributed by atoms with van der Waals surface area (Å²) < 4.78 is 0. The molecular formula is C16H24N2O2S. The Kier molecular flexibility index (Phi) is 7.29. The zero-order chi connectivity index (χ0) is 15.8. The third-order valence-electron chi connectivity index (χ3n) is 3.25. The van der Waals surface area contributed by atoms with Gasteiger partial charge >= 0.3 is 0 Å². The van der Waals surface area contributed by atoms with Crippen molar-refractivity contribution in [3.05, 3.63) is 35.4 Å². The van der Waals surface area contributed by atoms with Crippen molar-refractivity contribution in [3.63, 3.8) is 0 Å². The fourth-order valence-electron chi connectivity index (χ4n) is 1.91. The number of hydrogen-bond acceptors (Lipinski definition) is 3. The van der Waals surface area contributed by atoms with Crippen molar-refractivity contribution in [3.8, 4) is 0 Å². The second-order valence-electron chi connectivity index (χ2n) is 5.12. The van der Waals surface area contributed by atoms with Gasteiger partial charge in [0.1, 0.15) is 0 Å². The van der Waals surface area contributed by atoms with Gasteiger partial charge in [0.25, 0.3) is 0 Å². The number of amides is 2. The lowest BCUT2D eigenvalue weighted by Crippen LogP contribution is -2.33. The van der Waals surface area contributed by atoms with Gasteiger partial charge in [-0.15, -0.1) is 11.8 Å². The summed E-state index contributed by atoms with van der Waals surface area (Å²) in [5.74, 6) is 0.715. The van der Waals surface area contributed by atoms with E-state index in [1.54, 1.807) is 35.8 Å². The third kappa shape index (κ3) is 5.79. The molecule has 0 fully saturated rings. The average molecular weight is 308 g/mol. The molecule has 0 saturated carbocycles. The summed E-state index contributed by atoms with van der Waals surface area (Å²) in [7, 11) is 1.81. The van der Waals surface area contributed by atoms with Gasteiger partial charge in [0.05, 0.1) is 5.25 Å². The molecule has 0 heterocycles. The molecule has 0 bridgehead atoms. The summed E-state index contributed by atoms with van der Waals surface area (Å²) in [6.07, 6.45) is 2.29. The second kappa shape index (κ2) is 8.72. The molecule has 2 amide bonds. The van der Waals surface area contributed by atoms with Crippen LogP contribution < -0.4 is 5.73 Å². The minimum atomic E-state index is -0.438. The number of carbonyl (C=O) groups excluding carboxylic acids is 2. The molecule has 1 aromatic carbocycles. The van der Waals surface area contributed by atoms with E-state index in [9.17, 15) is 9.59 Å². The Bertz CT molecular complexity index is 474. The number of unbranched alkanes of at least 4 members (excludes halogenated alkanes) is 1. The summed E-state index contributed by atoms with van der Waals surface area (Å²) in [5, 5.41) is -0.0218.